The highest BCUT2D eigenvalue weighted by atomic mass is 19.1. The monoisotopic (exact) mass is 183 g/mol. The van der Waals surface area contributed by atoms with Gasteiger partial charge in [-0.1, -0.05) is 13.5 Å². The first-order chi connectivity index (χ1) is 6.07. The van der Waals surface area contributed by atoms with Crippen molar-refractivity contribution in [3.05, 3.63) is 23.6 Å². The highest BCUT2D eigenvalue weighted by molar-refractivity contribution is 5.31. The number of likely N-dealkylation sites (tertiary alicyclic amines) is 1. The maximum atomic E-state index is 13.6. The van der Waals surface area contributed by atoms with Crippen LogP contribution in [0.15, 0.2) is 23.6 Å². The Morgan fingerprint density at radius 2 is 2.31 bits per heavy atom. The zero-order valence-electron chi connectivity index (χ0n) is 8.73. The van der Waals surface area contributed by atoms with E-state index in [1.165, 1.54) is 0 Å². The molecule has 2 heteroatoms. The zero-order valence-corrected chi connectivity index (χ0v) is 8.73. The van der Waals surface area contributed by atoms with Crippen LogP contribution in [0.3, 0.4) is 0 Å². The molecule has 0 radical (unpaired) electrons. The van der Waals surface area contributed by atoms with Gasteiger partial charge in [0.2, 0.25) is 0 Å². The van der Waals surface area contributed by atoms with E-state index in [2.05, 4.69) is 18.4 Å². The van der Waals surface area contributed by atoms with E-state index in [0.29, 0.717) is 5.57 Å². The lowest BCUT2D eigenvalue weighted by Gasteiger charge is -2.18. The molecule has 1 rings (SSSR count). The molecular weight excluding hydrogens is 165 g/mol. The van der Waals surface area contributed by atoms with Crippen LogP contribution in [0.5, 0.6) is 0 Å². The van der Waals surface area contributed by atoms with Crippen LogP contribution in [-0.4, -0.2) is 24.5 Å². The molecule has 0 N–H and O–H groups in total. The first kappa shape index (κ1) is 10.5. The molecule has 0 spiro atoms. The number of halogens is 1. The quantitative estimate of drug-likeness (QED) is 0.636. The maximum Gasteiger partial charge on any atom is 0.126 e. The van der Waals surface area contributed by atoms with Crippen LogP contribution >= 0.6 is 0 Å². The third-order valence-electron chi connectivity index (χ3n) is 2.71. The molecule has 0 aliphatic carbocycles. The minimum atomic E-state index is -0.0730. The van der Waals surface area contributed by atoms with Gasteiger partial charge in [-0.3, -0.25) is 4.90 Å². The third-order valence-corrected chi connectivity index (χ3v) is 2.71. The number of rotatable bonds is 2. The number of nitrogens with zero attached hydrogens (tertiary/aromatic N) is 1. The van der Waals surface area contributed by atoms with Crippen molar-refractivity contribution >= 4 is 0 Å². The molecule has 0 aromatic heterocycles. The average Bonchev–Trinajstić information content (AvgIpc) is 2.45. The Hall–Kier alpha value is -0.630. The Morgan fingerprint density at radius 1 is 1.69 bits per heavy atom. The molecule has 1 aliphatic heterocycles. The zero-order chi connectivity index (χ0) is 10.0. The number of hydrogen-bond acceptors (Lipinski definition) is 1. The van der Waals surface area contributed by atoms with Gasteiger partial charge in [-0.05, 0) is 38.0 Å². The highest BCUT2D eigenvalue weighted by Crippen LogP contribution is 2.30. The summed E-state index contributed by atoms with van der Waals surface area (Å²) in [5.41, 5.74) is 1.50. The second-order valence-electron chi connectivity index (χ2n) is 3.77. The predicted octanol–water partition coefficient (Wildman–Crippen LogP) is 2.90. The summed E-state index contributed by atoms with van der Waals surface area (Å²) in [6, 6.07) is 0.289. The molecule has 1 unspecified atom stereocenters. The topological polar surface area (TPSA) is 3.24 Å². The van der Waals surface area contributed by atoms with Crippen molar-refractivity contribution in [1.82, 2.24) is 4.90 Å². The largest absolute Gasteiger partial charge is 0.299 e. The van der Waals surface area contributed by atoms with Gasteiger partial charge in [-0.25, -0.2) is 4.39 Å². The van der Waals surface area contributed by atoms with Crippen LogP contribution in [0.4, 0.5) is 4.39 Å². The molecule has 0 saturated carbocycles. The molecule has 1 fully saturated rings. The fourth-order valence-corrected chi connectivity index (χ4v) is 1.97. The number of allylic oxidation sites excluding steroid dienone is 2. The summed E-state index contributed by atoms with van der Waals surface area (Å²) in [6.45, 7) is 8.43. The summed E-state index contributed by atoms with van der Waals surface area (Å²) < 4.78 is 13.6. The van der Waals surface area contributed by atoms with Crippen molar-refractivity contribution in [2.45, 2.75) is 32.7 Å². The second kappa shape index (κ2) is 4.05. The van der Waals surface area contributed by atoms with Gasteiger partial charge in [0.05, 0.1) is 0 Å². The van der Waals surface area contributed by atoms with Gasteiger partial charge in [-0.2, -0.15) is 0 Å². The van der Waals surface area contributed by atoms with Gasteiger partial charge in [0, 0.05) is 12.6 Å². The van der Waals surface area contributed by atoms with Crippen molar-refractivity contribution in [3.63, 3.8) is 0 Å². The maximum absolute atomic E-state index is 13.6. The van der Waals surface area contributed by atoms with Gasteiger partial charge in [0.15, 0.2) is 0 Å². The molecule has 1 atom stereocenters. The first-order valence-electron chi connectivity index (χ1n) is 4.82. The average molecular weight is 183 g/mol. The summed E-state index contributed by atoms with van der Waals surface area (Å²) in [6.07, 6.45) is 1.83. The van der Waals surface area contributed by atoms with E-state index in [9.17, 15) is 4.39 Å². The van der Waals surface area contributed by atoms with Crippen LogP contribution < -0.4 is 0 Å². The fourth-order valence-electron chi connectivity index (χ4n) is 1.97. The lowest BCUT2D eigenvalue weighted by Crippen LogP contribution is -2.25. The van der Waals surface area contributed by atoms with Crippen molar-refractivity contribution < 1.29 is 4.39 Å². The Kier molecular flexibility index (Phi) is 3.26. The molecule has 0 aromatic rings. The van der Waals surface area contributed by atoms with Gasteiger partial charge in [-0.15, -0.1) is 0 Å². The lowest BCUT2D eigenvalue weighted by molar-refractivity contribution is 0.321. The summed E-state index contributed by atoms with van der Waals surface area (Å²) in [7, 11) is 2.05. The minimum Gasteiger partial charge on any atom is -0.299 e. The van der Waals surface area contributed by atoms with E-state index in [1.807, 2.05) is 7.05 Å². The van der Waals surface area contributed by atoms with Crippen molar-refractivity contribution in [2.24, 2.45) is 0 Å². The molecule has 1 nitrogen and oxygen atoms in total. The smallest absolute Gasteiger partial charge is 0.126 e. The first-order valence-corrected chi connectivity index (χ1v) is 4.82. The van der Waals surface area contributed by atoms with Gasteiger partial charge in [0.1, 0.15) is 5.83 Å². The normalized spacial score (nSPS) is 27.8. The summed E-state index contributed by atoms with van der Waals surface area (Å²) in [5.74, 6) is -0.0730. The van der Waals surface area contributed by atoms with Crippen LogP contribution in [0.1, 0.15) is 26.7 Å². The Bertz CT molecular complexity index is 242. The Labute approximate surface area is 79.9 Å². The lowest BCUT2D eigenvalue weighted by atomic mass is 10.0. The summed E-state index contributed by atoms with van der Waals surface area (Å²) in [4.78, 5) is 2.21. The van der Waals surface area contributed by atoms with Crippen LogP contribution in [0.2, 0.25) is 0 Å². The van der Waals surface area contributed by atoms with E-state index in [-0.39, 0.29) is 11.9 Å². The van der Waals surface area contributed by atoms with Crippen LogP contribution in [0, 0.1) is 0 Å². The number of hydrogen-bond donors (Lipinski definition) is 0. The van der Waals surface area contributed by atoms with Crippen LogP contribution in [-0.2, 0) is 0 Å². The molecule has 0 aromatic carbocycles. The van der Waals surface area contributed by atoms with E-state index in [4.69, 9.17) is 0 Å². The highest BCUT2D eigenvalue weighted by Gasteiger charge is 2.27. The molecule has 0 amide bonds. The van der Waals surface area contributed by atoms with E-state index in [0.717, 1.165) is 25.0 Å². The van der Waals surface area contributed by atoms with E-state index in [1.54, 1.807) is 6.92 Å². The fraction of sp³-hybridized carbons (Fsp3) is 0.636. The Balaban J connectivity index is 2.92. The van der Waals surface area contributed by atoms with E-state index >= 15 is 0 Å². The summed E-state index contributed by atoms with van der Waals surface area (Å²) >= 11 is 0. The minimum absolute atomic E-state index is 0.0730. The van der Waals surface area contributed by atoms with Crippen LogP contribution in [0.25, 0.3) is 0 Å². The molecule has 1 heterocycles. The van der Waals surface area contributed by atoms with Crippen molar-refractivity contribution in [3.8, 4) is 0 Å². The third kappa shape index (κ3) is 1.99. The van der Waals surface area contributed by atoms with E-state index < -0.39 is 0 Å². The van der Waals surface area contributed by atoms with Gasteiger partial charge < -0.3 is 0 Å². The molecule has 1 aliphatic rings. The predicted molar refractivity (Wildman–Crippen MR) is 54.3 cm³/mol. The Morgan fingerprint density at radius 3 is 2.77 bits per heavy atom. The van der Waals surface area contributed by atoms with Gasteiger partial charge >= 0.3 is 0 Å². The summed E-state index contributed by atoms with van der Waals surface area (Å²) in [5, 5.41) is 0. The standard InChI is InChI=1S/C11H18FN/c1-5-10-9(6-7-13(10)4)11(12)8(2)3/h10H,2,5-7H2,1,3-4H3/b11-9+. The molecule has 0 bridgehead atoms. The van der Waals surface area contributed by atoms with Crippen molar-refractivity contribution in [1.29, 1.82) is 0 Å². The second-order valence-corrected chi connectivity index (χ2v) is 3.77. The molecular formula is C11H18FN. The molecule has 1 saturated heterocycles. The van der Waals surface area contributed by atoms with Crippen molar-refractivity contribution in [2.75, 3.05) is 13.6 Å². The SMILES string of the molecule is C=C(C)/C(F)=C1/CCN(C)C1CC. The number of likely N-dealkylation sites (N-methyl/N-ethyl adjacent to an activating group) is 1. The van der Waals surface area contributed by atoms with Gasteiger partial charge in [0.25, 0.3) is 0 Å². The molecule has 13 heavy (non-hydrogen) atoms. The molecule has 74 valence electrons.